The lowest BCUT2D eigenvalue weighted by molar-refractivity contribution is -0.145. The predicted octanol–water partition coefficient (Wildman–Crippen LogP) is 2.92. The van der Waals surface area contributed by atoms with Gasteiger partial charge in [-0.25, -0.2) is 4.79 Å². The van der Waals surface area contributed by atoms with Crippen molar-refractivity contribution in [3.63, 3.8) is 0 Å². The summed E-state index contributed by atoms with van der Waals surface area (Å²) in [4.78, 5) is 11.7. The first-order chi connectivity index (χ1) is 8.90. The van der Waals surface area contributed by atoms with Crippen molar-refractivity contribution in [2.24, 2.45) is 0 Å². The molecule has 19 heavy (non-hydrogen) atoms. The molecule has 0 saturated heterocycles. The molecule has 0 spiro atoms. The van der Waals surface area contributed by atoms with Crippen molar-refractivity contribution in [1.29, 1.82) is 0 Å². The fraction of sp³-hybridized carbons (Fsp3) is 0.462. The third kappa shape index (κ3) is 4.24. The van der Waals surface area contributed by atoms with E-state index in [-0.39, 0.29) is 6.61 Å². The number of hydrogen-bond donors (Lipinski definition) is 1. The maximum atomic E-state index is 12.4. The minimum atomic E-state index is -4.38. The molecule has 1 rings (SSSR count). The molecule has 0 aromatic heterocycles. The van der Waals surface area contributed by atoms with Crippen LogP contribution in [0.25, 0.3) is 0 Å². The van der Waals surface area contributed by atoms with Gasteiger partial charge in [0.15, 0.2) is 0 Å². The zero-order valence-corrected chi connectivity index (χ0v) is 10.8. The molecule has 0 saturated carbocycles. The number of alkyl halides is 3. The second-order valence-electron chi connectivity index (χ2n) is 3.86. The molecule has 0 fully saturated rings. The average molecular weight is 275 g/mol. The summed E-state index contributed by atoms with van der Waals surface area (Å²) in [5.74, 6) is -0.496. The van der Waals surface area contributed by atoms with Crippen LogP contribution in [0, 0.1) is 0 Å². The van der Waals surface area contributed by atoms with Gasteiger partial charge in [0, 0.05) is 0 Å². The Kier molecular flexibility index (Phi) is 5.35. The molecule has 1 unspecified atom stereocenters. The summed E-state index contributed by atoms with van der Waals surface area (Å²) < 4.78 is 42.2. The third-order valence-electron chi connectivity index (χ3n) is 2.50. The van der Waals surface area contributed by atoms with Crippen LogP contribution in [0.4, 0.5) is 13.2 Å². The lowest BCUT2D eigenvalue weighted by atomic mass is 10.0. The van der Waals surface area contributed by atoms with Crippen molar-refractivity contribution >= 4 is 5.97 Å². The molecule has 0 aliphatic rings. The van der Waals surface area contributed by atoms with Crippen LogP contribution in [0.3, 0.4) is 0 Å². The number of esters is 1. The zero-order valence-electron chi connectivity index (χ0n) is 10.8. The zero-order chi connectivity index (χ0) is 14.5. The van der Waals surface area contributed by atoms with Crippen LogP contribution in [0.5, 0.6) is 0 Å². The fourth-order valence-electron chi connectivity index (χ4n) is 1.63. The number of likely N-dealkylation sites (N-methyl/N-ethyl adjacent to an activating group) is 1. The van der Waals surface area contributed by atoms with E-state index in [2.05, 4.69) is 5.32 Å². The molecule has 1 aromatic rings. The van der Waals surface area contributed by atoms with Gasteiger partial charge >= 0.3 is 12.1 Å². The van der Waals surface area contributed by atoms with Gasteiger partial charge in [-0.2, -0.15) is 13.2 Å². The standard InChI is InChI=1S/C13H16F3NO2/c1-3-17-11(12(18)19-4-2)9-5-7-10(8-6-9)13(14,15)16/h5-8,11,17H,3-4H2,1-2H3. The maximum absolute atomic E-state index is 12.4. The Bertz CT molecular complexity index is 415. The normalized spacial score (nSPS) is 13.1. The first-order valence-electron chi connectivity index (χ1n) is 5.97. The molecule has 1 N–H and O–H groups in total. The second-order valence-corrected chi connectivity index (χ2v) is 3.86. The smallest absolute Gasteiger partial charge is 0.416 e. The van der Waals surface area contributed by atoms with Crippen molar-refractivity contribution in [3.8, 4) is 0 Å². The van der Waals surface area contributed by atoms with E-state index in [0.717, 1.165) is 12.1 Å². The number of nitrogens with one attached hydrogen (secondary N) is 1. The van der Waals surface area contributed by atoms with E-state index >= 15 is 0 Å². The number of ether oxygens (including phenoxy) is 1. The van der Waals surface area contributed by atoms with Crippen LogP contribution in [-0.2, 0) is 15.7 Å². The second kappa shape index (κ2) is 6.56. The molecule has 0 aliphatic heterocycles. The van der Waals surface area contributed by atoms with E-state index in [4.69, 9.17) is 4.74 Å². The Balaban J connectivity index is 2.94. The molecule has 0 aliphatic carbocycles. The van der Waals surface area contributed by atoms with E-state index in [9.17, 15) is 18.0 Å². The Morgan fingerprint density at radius 3 is 2.26 bits per heavy atom. The van der Waals surface area contributed by atoms with Crippen molar-refractivity contribution in [2.75, 3.05) is 13.2 Å². The third-order valence-corrected chi connectivity index (χ3v) is 2.50. The minimum Gasteiger partial charge on any atom is -0.465 e. The predicted molar refractivity (Wildman–Crippen MR) is 64.5 cm³/mol. The molecule has 6 heteroatoms. The van der Waals surface area contributed by atoms with Crippen LogP contribution in [0.1, 0.15) is 31.0 Å². The van der Waals surface area contributed by atoms with Crippen molar-refractivity contribution < 1.29 is 22.7 Å². The van der Waals surface area contributed by atoms with Gasteiger partial charge in [0.25, 0.3) is 0 Å². The van der Waals surface area contributed by atoms with Gasteiger partial charge in [-0.05, 0) is 31.2 Å². The van der Waals surface area contributed by atoms with Crippen molar-refractivity contribution in [2.45, 2.75) is 26.1 Å². The van der Waals surface area contributed by atoms with E-state index in [1.54, 1.807) is 13.8 Å². The number of carbonyl (C=O) groups is 1. The summed E-state index contributed by atoms with van der Waals surface area (Å²) in [5.41, 5.74) is -0.288. The molecule has 1 atom stereocenters. The van der Waals surface area contributed by atoms with Gasteiger partial charge in [-0.1, -0.05) is 19.1 Å². The molecular formula is C13H16F3NO2. The topological polar surface area (TPSA) is 38.3 Å². The molecule has 0 heterocycles. The fourth-order valence-corrected chi connectivity index (χ4v) is 1.63. The minimum absolute atomic E-state index is 0.224. The van der Waals surface area contributed by atoms with Crippen LogP contribution in [-0.4, -0.2) is 19.1 Å². The van der Waals surface area contributed by atoms with Gasteiger partial charge in [0.1, 0.15) is 6.04 Å². The SMILES string of the molecule is CCNC(C(=O)OCC)c1ccc(C(F)(F)F)cc1. The highest BCUT2D eigenvalue weighted by Crippen LogP contribution is 2.30. The van der Waals surface area contributed by atoms with Crippen LogP contribution >= 0.6 is 0 Å². The first-order valence-corrected chi connectivity index (χ1v) is 5.97. The Morgan fingerprint density at radius 1 is 1.26 bits per heavy atom. The van der Waals surface area contributed by atoms with Crippen molar-refractivity contribution in [3.05, 3.63) is 35.4 Å². The van der Waals surface area contributed by atoms with E-state index in [1.165, 1.54) is 12.1 Å². The summed E-state index contributed by atoms with van der Waals surface area (Å²) in [6.07, 6.45) is -4.38. The van der Waals surface area contributed by atoms with Gasteiger partial charge < -0.3 is 10.1 Å². The van der Waals surface area contributed by atoms with Gasteiger partial charge in [0.2, 0.25) is 0 Å². The molecule has 0 amide bonds. The highest BCUT2D eigenvalue weighted by Gasteiger charge is 2.30. The monoisotopic (exact) mass is 275 g/mol. The summed E-state index contributed by atoms with van der Waals surface area (Å²) in [6.45, 7) is 4.20. The molecule has 1 aromatic carbocycles. The number of carbonyl (C=O) groups excluding carboxylic acids is 1. The molecular weight excluding hydrogens is 259 g/mol. The summed E-state index contributed by atoms with van der Waals surface area (Å²) in [7, 11) is 0. The number of benzene rings is 1. The number of rotatable bonds is 5. The summed E-state index contributed by atoms with van der Waals surface area (Å²) >= 11 is 0. The largest absolute Gasteiger partial charge is 0.465 e. The molecule has 106 valence electrons. The lowest BCUT2D eigenvalue weighted by Gasteiger charge is -2.17. The molecule has 0 radical (unpaired) electrons. The summed E-state index contributed by atoms with van der Waals surface area (Å²) in [6, 6.07) is 3.74. The average Bonchev–Trinajstić information content (AvgIpc) is 2.35. The van der Waals surface area contributed by atoms with Gasteiger partial charge in [0.05, 0.1) is 12.2 Å². The number of hydrogen-bond acceptors (Lipinski definition) is 3. The van der Waals surface area contributed by atoms with E-state index in [0.29, 0.717) is 12.1 Å². The lowest BCUT2D eigenvalue weighted by Crippen LogP contribution is -2.30. The number of halogens is 3. The Labute approximate surface area is 109 Å². The Hall–Kier alpha value is -1.56. The van der Waals surface area contributed by atoms with Gasteiger partial charge in [-0.15, -0.1) is 0 Å². The van der Waals surface area contributed by atoms with E-state index < -0.39 is 23.8 Å². The maximum Gasteiger partial charge on any atom is 0.416 e. The highest BCUT2D eigenvalue weighted by atomic mass is 19.4. The highest BCUT2D eigenvalue weighted by molar-refractivity contribution is 5.77. The van der Waals surface area contributed by atoms with E-state index in [1.807, 2.05) is 0 Å². The van der Waals surface area contributed by atoms with Crippen LogP contribution in [0.15, 0.2) is 24.3 Å². The molecule has 3 nitrogen and oxygen atoms in total. The van der Waals surface area contributed by atoms with Crippen LogP contribution < -0.4 is 5.32 Å². The summed E-state index contributed by atoms with van der Waals surface area (Å²) in [5, 5.41) is 2.89. The Morgan fingerprint density at radius 2 is 1.84 bits per heavy atom. The quantitative estimate of drug-likeness (QED) is 0.840. The van der Waals surface area contributed by atoms with Crippen molar-refractivity contribution in [1.82, 2.24) is 5.32 Å². The van der Waals surface area contributed by atoms with Gasteiger partial charge in [-0.3, -0.25) is 0 Å². The first kappa shape index (κ1) is 15.5. The van der Waals surface area contributed by atoms with Crippen LogP contribution in [0.2, 0.25) is 0 Å². The molecule has 0 bridgehead atoms.